The van der Waals surface area contributed by atoms with Gasteiger partial charge in [-0.3, -0.25) is 4.21 Å². The van der Waals surface area contributed by atoms with E-state index < -0.39 is 16.8 Å². The molecule has 2 N–H and O–H groups in total. The maximum absolute atomic E-state index is 13.8. The van der Waals surface area contributed by atoms with Gasteiger partial charge in [-0.1, -0.05) is 24.3 Å². The topological polar surface area (TPSA) is 66.4 Å². The number of rotatable bonds is 7. The number of nitrogens with one attached hydrogen (secondary N) is 1. The zero-order valence-electron chi connectivity index (χ0n) is 16.2. The van der Waals surface area contributed by atoms with Crippen molar-refractivity contribution in [3.8, 4) is 11.1 Å². The SMILES string of the molecule is CS(=O)c1ccc(-c2cccc(F)c2)c(NSc2cc(C(=O)O)ccc2C2CC2)c1. The monoisotopic (exact) mass is 441 g/mol. The highest BCUT2D eigenvalue weighted by Gasteiger charge is 2.27. The van der Waals surface area contributed by atoms with Gasteiger partial charge in [-0.05, 0) is 78.2 Å². The molecule has 1 atom stereocenters. The molecular formula is C23H20FNO3S2. The van der Waals surface area contributed by atoms with E-state index in [4.69, 9.17) is 0 Å². The van der Waals surface area contributed by atoms with Crippen LogP contribution in [-0.4, -0.2) is 21.5 Å². The highest BCUT2D eigenvalue weighted by atomic mass is 32.2. The van der Waals surface area contributed by atoms with Gasteiger partial charge >= 0.3 is 5.97 Å². The summed E-state index contributed by atoms with van der Waals surface area (Å²) in [5.74, 6) is -0.850. The highest BCUT2D eigenvalue weighted by molar-refractivity contribution is 8.00. The molecule has 0 saturated heterocycles. The molecule has 0 heterocycles. The van der Waals surface area contributed by atoms with Crippen molar-refractivity contribution in [1.29, 1.82) is 0 Å². The number of anilines is 1. The van der Waals surface area contributed by atoms with Crippen molar-refractivity contribution in [1.82, 2.24) is 0 Å². The Morgan fingerprint density at radius 3 is 2.60 bits per heavy atom. The van der Waals surface area contributed by atoms with Crippen LogP contribution in [0.25, 0.3) is 11.1 Å². The van der Waals surface area contributed by atoms with Crippen molar-refractivity contribution in [2.75, 3.05) is 11.0 Å². The summed E-state index contributed by atoms with van der Waals surface area (Å²) in [5.41, 5.74) is 3.53. The number of carbonyl (C=O) groups is 1. The third kappa shape index (κ3) is 4.57. The summed E-state index contributed by atoms with van der Waals surface area (Å²) >= 11 is 1.33. The molecule has 30 heavy (non-hydrogen) atoms. The lowest BCUT2D eigenvalue weighted by molar-refractivity contribution is 0.0696. The zero-order valence-corrected chi connectivity index (χ0v) is 17.9. The second kappa shape index (κ2) is 8.62. The second-order valence-electron chi connectivity index (χ2n) is 7.21. The van der Waals surface area contributed by atoms with Crippen LogP contribution in [0.2, 0.25) is 0 Å². The molecule has 1 unspecified atom stereocenters. The van der Waals surface area contributed by atoms with Crippen LogP contribution >= 0.6 is 11.9 Å². The van der Waals surface area contributed by atoms with Gasteiger partial charge in [0.15, 0.2) is 0 Å². The van der Waals surface area contributed by atoms with Crippen LogP contribution in [0.4, 0.5) is 10.1 Å². The molecule has 3 aromatic carbocycles. The molecule has 4 nitrogen and oxygen atoms in total. The number of halogens is 1. The first kappa shape index (κ1) is 20.6. The lowest BCUT2D eigenvalue weighted by Gasteiger charge is -2.15. The van der Waals surface area contributed by atoms with Gasteiger partial charge in [-0.25, -0.2) is 9.18 Å². The summed E-state index contributed by atoms with van der Waals surface area (Å²) in [5, 5.41) is 9.36. The Labute approximate surface area is 181 Å². The van der Waals surface area contributed by atoms with E-state index in [0.717, 1.165) is 28.9 Å². The van der Waals surface area contributed by atoms with Crippen LogP contribution in [0.1, 0.15) is 34.7 Å². The molecule has 0 radical (unpaired) electrons. The summed E-state index contributed by atoms with van der Waals surface area (Å²) in [6.45, 7) is 0. The molecule has 3 aromatic rings. The first-order valence-corrected chi connectivity index (χ1v) is 11.8. The van der Waals surface area contributed by atoms with Crippen LogP contribution in [0, 0.1) is 5.82 Å². The lowest BCUT2D eigenvalue weighted by Crippen LogP contribution is -2.00. The molecule has 0 aliphatic heterocycles. The maximum Gasteiger partial charge on any atom is 0.335 e. The molecule has 1 saturated carbocycles. The number of benzene rings is 3. The molecule has 4 rings (SSSR count). The maximum atomic E-state index is 13.8. The summed E-state index contributed by atoms with van der Waals surface area (Å²) in [7, 11) is -1.17. The second-order valence-corrected chi connectivity index (χ2v) is 9.44. The Hall–Kier alpha value is -2.64. The van der Waals surface area contributed by atoms with Crippen LogP contribution in [0.15, 0.2) is 70.5 Å². The number of hydrogen-bond acceptors (Lipinski definition) is 4. The Morgan fingerprint density at radius 2 is 1.93 bits per heavy atom. The van der Waals surface area contributed by atoms with Crippen molar-refractivity contribution >= 4 is 34.4 Å². The summed E-state index contributed by atoms with van der Waals surface area (Å²) in [6.07, 6.45) is 3.80. The van der Waals surface area contributed by atoms with E-state index in [0.29, 0.717) is 22.1 Å². The van der Waals surface area contributed by atoms with E-state index >= 15 is 0 Å². The summed E-state index contributed by atoms with van der Waals surface area (Å²) in [6, 6.07) is 16.9. The number of carboxylic acid groups (broad SMARTS) is 1. The minimum absolute atomic E-state index is 0.234. The zero-order chi connectivity index (χ0) is 21.3. The smallest absolute Gasteiger partial charge is 0.335 e. The van der Waals surface area contributed by atoms with E-state index in [-0.39, 0.29) is 11.4 Å². The summed E-state index contributed by atoms with van der Waals surface area (Å²) in [4.78, 5) is 12.9. The Bertz CT molecular complexity index is 1150. The quantitative estimate of drug-likeness (QED) is 0.445. The normalized spacial score (nSPS) is 14.3. The van der Waals surface area contributed by atoms with Crippen molar-refractivity contribution in [3.63, 3.8) is 0 Å². The molecule has 0 amide bonds. The van der Waals surface area contributed by atoms with Crippen LogP contribution < -0.4 is 4.72 Å². The number of aromatic carboxylic acids is 1. The predicted molar refractivity (Wildman–Crippen MR) is 119 cm³/mol. The lowest BCUT2D eigenvalue weighted by atomic mass is 10.0. The Morgan fingerprint density at radius 1 is 1.13 bits per heavy atom. The first-order chi connectivity index (χ1) is 14.4. The largest absolute Gasteiger partial charge is 0.478 e. The van der Waals surface area contributed by atoms with Gasteiger partial charge < -0.3 is 9.83 Å². The molecule has 1 aliphatic rings. The molecule has 1 fully saturated rings. The van der Waals surface area contributed by atoms with Gasteiger partial charge in [0.2, 0.25) is 0 Å². The average molecular weight is 442 g/mol. The van der Waals surface area contributed by atoms with Gasteiger partial charge in [0, 0.05) is 32.4 Å². The van der Waals surface area contributed by atoms with E-state index in [9.17, 15) is 18.5 Å². The van der Waals surface area contributed by atoms with Crippen LogP contribution in [0.5, 0.6) is 0 Å². The van der Waals surface area contributed by atoms with Gasteiger partial charge in [0.1, 0.15) is 5.82 Å². The number of hydrogen-bond donors (Lipinski definition) is 2. The molecule has 0 bridgehead atoms. The van der Waals surface area contributed by atoms with E-state index in [1.165, 1.54) is 24.1 Å². The molecule has 0 spiro atoms. The Balaban J connectivity index is 1.70. The van der Waals surface area contributed by atoms with Crippen LogP contribution in [0.3, 0.4) is 0 Å². The fourth-order valence-corrected chi connectivity index (χ4v) is 4.76. The molecule has 1 aliphatic carbocycles. The third-order valence-electron chi connectivity index (χ3n) is 5.01. The van der Waals surface area contributed by atoms with E-state index in [1.807, 2.05) is 18.2 Å². The minimum atomic E-state index is -1.17. The highest BCUT2D eigenvalue weighted by Crippen LogP contribution is 2.45. The Kier molecular flexibility index (Phi) is 5.92. The van der Waals surface area contributed by atoms with Gasteiger partial charge in [-0.15, -0.1) is 0 Å². The third-order valence-corrected chi connectivity index (χ3v) is 6.82. The summed E-state index contributed by atoms with van der Waals surface area (Å²) < 4.78 is 29.1. The van der Waals surface area contributed by atoms with Crippen molar-refractivity contribution < 1.29 is 18.5 Å². The van der Waals surface area contributed by atoms with Crippen molar-refractivity contribution in [3.05, 3.63) is 77.6 Å². The predicted octanol–water partition coefficient (Wildman–Crippen LogP) is 5.92. The van der Waals surface area contributed by atoms with Gasteiger partial charge in [0.25, 0.3) is 0 Å². The molecule has 154 valence electrons. The minimum Gasteiger partial charge on any atom is -0.478 e. The standard InChI is InChI=1S/C23H20FNO3S2/c1-30(28)18-8-10-19(15-3-2-4-17(24)11-15)21(13-18)25-29-22-12-16(23(26)27)7-9-20(22)14-5-6-14/h2-4,7-14,25H,5-6H2,1H3,(H,26,27). The molecular weight excluding hydrogens is 421 g/mol. The fraction of sp³-hybridized carbons (Fsp3) is 0.174. The van der Waals surface area contributed by atoms with E-state index in [1.54, 1.807) is 36.6 Å². The van der Waals surface area contributed by atoms with Crippen molar-refractivity contribution in [2.45, 2.75) is 28.6 Å². The van der Waals surface area contributed by atoms with Gasteiger partial charge in [0.05, 0.1) is 11.3 Å². The van der Waals surface area contributed by atoms with Crippen LogP contribution in [-0.2, 0) is 10.8 Å². The average Bonchev–Trinajstić information content (AvgIpc) is 3.57. The van der Waals surface area contributed by atoms with Crippen molar-refractivity contribution in [2.24, 2.45) is 0 Å². The fourth-order valence-electron chi connectivity index (χ4n) is 3.29. The molecule has 0 aromatic heterocycles. The number of carboxylic acids is 1. The van der Waals surface area contributed by atoms with E-state index in [2.05, 4.69) is 4.72 Å². The van der Waals surface area contributed by atoms with Gasteiger partial charge in [-0.2, -0.15) is 0 Å². The molecule has 7 heteroatoms. The first-order valence-electron chi connectivity index (χ1n) is 9.46.